The predicted molar refractivity (Wildman–Crippen MR) is 111 cm³/mol. The Labute approximate surface area is 175 Å². The minimum Gasteiger partial charge on any atom is -0.497 e. The van der Waals surface area contributed by atoms with Gasteiger partial charge in [-0.15, -0.1) is 0 Å². The summed E-state index contributed by atoms with van der Waals surface area (Å²) >= 11 is 0. The number of likely N-dealkylation sites (tertiary alicyclic amines) is 1. The van der Waals surface area contributed by atoms with Crippen molar-refractivity contribution < 1.29 is 23.5 Å². The van der Waals surface area contributed by atoms with Crippen molar-refractivity contribution in [1.29, 1.82) is 0 Å². The molecule has 0 bridgehead atoms. The first-order valence-corrected chi connectivity index (χ1v) is 10.1. The monoisotopic (exact) mass is 413 g/mol. The number of benzene rings is 1. The first kappa shape index (κ1) is 21.4. The summed E-state index contributed by atoms with van der Waals surface area (Å²) in [5, 5.41) is 2.80. The van der Waals surface area contributed by atoms with Crippen LogP contribution < -0.4 is 10.1 Å². The fourth-order valence-corrected chi connectivity index (χ4v) is 3.56. The highest BCUT2D eigenvalue weighted by molar-refractivity contribution is 5.95. The fourth-order valence-electron chi connectivity index (χ4n) is 3.56. The minimum absolute atomic E-state index is 0.0158. The number of amides is 3. The zero-order chi connectivity index (χ0) is 21.5. The largest absolute Gasteiger partial charge is 0.497 e. The molecule has 0 unspecified atom stereocenters. The summed E-state index contributed by atoms with van der Waals surface area (Å²) in [6, 6.07) is 10.4. The Hall–Kier alpha value is -3.29. The van der Waals surface area contributed by atoms with Gasteiger partial charge in [-0.05, 0) is 44.0 Å². The third-order valence-electron chi connectivity index (χ3n) is 5.24. The van der Waals surface area contributed by atoms with Gasteiger partial charge in [0.1, 0.15) is 5.75 Å². The van der Waals surface area contributed by atoms with Crippen LogP contribution in [-0.2, 0) is 9.59 Å². The van der Waals surface area contributed by atoms with Gasteiger partial charge in [0.15, 0.2) is 5.76 Å². The van der Waals surface area contributed by atoms with Crippen LogP contribution in [0.3, 0.4) is 0 Å². The van der Waals surface area contributed by atoms with Gasteiger partial charge in [0.2, 0.25) is 11.8 Å². The molecule has 2 aromatic rings. The summed E-state index contributed by atoms with van der Waals surface area (Å²) in [6.45, 7) is 3.26. The Bertz CT molecular complexity index is 873. The maximum absolute atomic E-state index is 12.9. The molecule has 160 valence electrons. The summed E-state index contributed by atoms with van der Waals surface area (Å²) in [4.78, 5) is 41.0. The van der Waals surface area contributed by atoms with Crippen LogP contribution in [0, 0.1) is 5.92 Å². The number of anilines is 1. The third-order valence-corrected chi connectivity index (χ3v) is 5.24. The number of methoxy groups -OCH3 is 1. The molecule has 1 aromatic heterocycles. The predicted octanol–water partition coefficient (Wildman–Crippen LogP) is 2.63. The van der Waals surface area contributed by atoms with Crippen LogP contribution in [0.1, 0.15) is 30.3 Å². The van der Waals surface area contributed by atoms with Gasteiger partial charge in [-0.3, -0.25) is 14.4 Å². The summed E-state index contributed by atoms with van der Waals surface area (Å²) in [6.07, 6.45) is 2.61. The van der Waals surface area contributed by atoms with Crippen molar-refractivity contribution in [1.82, 2.24) is 9.80 Å². The van der Waals surface area contributed by atoms with E-state index >= 15 is 0 Å². The molecule has 0 spiro atoms. The van der Waals surface area contributed by atoms with Crippen LogP contribution in [-0.4, -0.2) is 60.8 Å². The van der Waals surface area contributed by atoms with Crippen LogP contribution in [0.4, 0.5) is 5.69 Å². The lowest BCUT2D eigenvalue weighted by Crippen LogP contribution is -2.46. The van der Waals surface area contributed by atoms with Gasteiger partial charge in [-0.2, -0.15) is 0 Å². The summed E-state index contributed by atoms with van der Waals surface area (Å²) in [5.74, 6) is 0.287. The Kier molecular flexibility index (Phi) is 7.11. The van der Waals surface area contributed by atoms with E-state index in [0.29, 0.717) is 49.7 Å². The maximum atomic E-state index is 12.9. The zero-order valence-electron chi connectivity index (χ0n) is 17.3. The van der Waals surface area contributed by atoms with Gasteiger partial charge < -0.3 is 24.3 Å². The highest BCUT2D eigenvalue weighted by atomic mass is 16.5. The smallest absolute Gasteiger partial charge is 0.289 e. The minimum atomic E-state index is -0.260. The van der Waals surface area contributed by atoms with E-state index < -0.39 is 0 Å². The molecule has 1 N–H and O–H groups in total. The number of carbonyl (C=O) groups is 3. The van der Waals surface area contributed by atoms with Crippen molar-refractivity contribution in [2.75, 3.05) is 38.6 Å². The maximum Gasteiger partial charge on any atom is 0.289 e. The fraction of sp³-hybridized carbons (Fsp3) is 0.409. The van der Waals surface area contributed by atoms with E-state index in [0.717, 1.165) is 0 Å². The second kappa shape index (κ2) is 9.96. The number of hydrogen-bond acceptors (Lipinski definition) is 5. The van der Waals surface area contributed by atoms with E-state index in [4.69, 9.17) is 9.15 Å². The Morgan fingerprint density at radius 2 is 1.97 bits per heavy atom. The molecule has 0 saturated carbocycles. The van der Waals surface area contributed by atoms with Crippen molar-refractivity contribution in [3.63, 3.8) is 0 Å². The summed E-state index contributed by atoms with van der Waals surface area (Å²) < 4.78 is 10.3. The van der Waals surface area contributed by atoms with Gasteiger partial charge >= 0.3 is 0 Å². The van der Waals surface area contributed by atoms with Gasteiger partial charge in [0, 0.05) is 37.3 Å². The molecule has 0 aliphatic carbocycles. The highest BCUT2D eigenvalue weighted by Crippen LogP contribution is 2.22. The number of hydrogen-bond donors (Lipinski definition) is 1. The van der Waals surface area contributed by atoms with E-state index in [2.05, 4.69) is 5.32 Å². The molecule has 3 rings (SSSR count). The third kappa shape index (κ3) is 5.20. The Morgan fingerprint density at radius 3 is 2.60 bits per heavy atom. The molecule has 1 aliphatic heterocycles. The zero-order valence-corrected chi connectivity index (χ0v) is 17.3. The number of piperidine rings is 1. The molecule has 30 heavy (non-hydrogen) atoms. The standard InChI is InChI=1S/C22H27N3O5/c1-3-24(15-20(26)23-17-6-4-7-18(14-17)29-2)21(27)16-9-11-25(12-10-16)22(28)19-8-5-13-30-19/h4-8,13-14,16H,3,9-12,15H2,1-2H3,(H,23,26). The average molecular weight is 413 g/mol. The quantitative estimate of drug-likeness (QED) is 0.753. The molecule has 3 amide bonds. The second-order valence-corrected chi connectivity index (χ2v) is 7.18. The van der Waals surface area contributed by atoms with E-state index in [1.165, 1.54) is 6.26 Å². The number of ether oxygens (including phenoxy) is 1. The molecule has 0 atom stereocenters. The molecule has 8 nitrogen and oxygen atoms in total. The summed E-state index contributed by atoms with van der Waals surface area (Å²) in [5.41, 5.74) is 0.618. The van der Waals surface area contributed by atoms with E-state index in [1.807, 2.05) is 6.92 Å². The van der Waals surface area contributed by atoms with Crippen molar-refractivity contribution in [2.45, 2.75) is 19.8 Å². The number of rotatable bonds is 7. The van der Waals surface area contributed by atoms with Crippen LogP contribution in [0.2, 0.25) is 0 Å². The molecule has 1 saturated heterocycles. The number of carbonyl (C=O) groups excluding carboxylic acids is 3. The Balaban J connectivity index is 1.52. The van der Waals surface area contributed by atoms with Gasteiger partial charge in [-0.25, -0.2) is 0 Å². The van der Waals surface area contributed by atoms with Crippen molar-refractivity contribution >= 4 is 23.4 Å². The van der Waals surface area contributed by atoms with Gasteiger partial charge in [-0.1, -0.05) is 6.07 Å². The van der Waals surface area contributed by atoms with Crippen molar-refractivity contribution in [3.05, 3.63) is 48.4 Å². The van der Waals surface area contributed by atoms with Crippen molar-refractivity contribution in [3.8, 4) is 5.75 Å². The van der Waals surface area contributed by atoms with Crippen LogP contribution >= 0.6 is 0 Å². The first-order valence-electron chi connectivity index (χ1n) is 10.1. The topological polar surface area (TPSA) is 92.1 Å². The normalized spacial score (nSPS) is 14.3. The lowest BCUT2D eigenvalue weighted by atomic mass is 9.95. The average Bonchev–Trinajstić information content (AvgIpc) is 3.31. The van der Waals surface area contributed by atoms with Crippen LogP contribution in [0.5, 0.6) is 5.75 Å². The number of furan rings is 1. The molecule has 0 radical (unpaired) electrons. The highest BCUT2D eigenvalue weighted by Gasteiger charge is 2.31. The molecule has 8 heteroatoms. The van der Waals surface area contributed by atoms with Gasteiger partial charge in [0.05, 0.1) is 19.9 Å². The second-order valence-electron chi connectivity index (χ2n) is 7.18. The SMILES string of the molecule is CCN(CC(=O)Nc1cccc(OC)c1)C(=O)C1CCN(C(=O)c2ccco2)CC1. The molecule has 1 aliphatic rings. The van der Waals surface area contributed by atoms with E-state index in [-0.39, 0.29) is 30.2 Å². The number of likely N-dealkylation sites (N-methyl/N-ethyl adjacent to an activating group) is 1. The lowest BCUT2D eigenvalue weighted by Gasteiger charge is -2.33. The molecule has 1 aromatic carbocycles. The van der Waals surface area contributed by atoms with Gasteiger partial charge in [0.25, 0.3) is 5.91 Å². The summed E-state index contributed by atoms with van der Waals surface area (Å²) in [7, 11) is 1.56. The molecule has 1 fully saturated rings. The Morgan fingerprint density at radius 1 is 1.20 bits per heavy atom. The molecular weight excluding hydrogens is 386 g/mol. The van der Waals surface area contributed by atoms with Crippen LogP contribution in [0.15, 0.2) is 47.1 Å². The number of nitrogens with zero attached hydrogens (tertiary/aromatic N) is 2. The van der Waals surface area contributed by atoms with Crippen LogP contribution in [0.25, 0.3) is 0 Å². The van der Waals surface area contributed by atoms with Crippen molar-refractivity contribution in [2.24, 2.45) is 5.92 Å². The van der Waals surface area contributed by atoms with E-state index in [1.54, 1.807) is 53.3 Å². The number of nitrogens with one attached hydrogen (secondary N) is 1. The molecule has 2 heterocycles. The molecular formula is C22H27N3O5. The lowest BCUT2D eigenvalue weighted by molar-refractivity contribution is -0.139. The first-order chi connectivity index (χ1) is 14.5. The van der Waals surface area contributed by atoms with E-state index in [9.17, 15) is 14.4 Å².